The Kier molecular flexibility index (Phi) is 4.60. The predicted molar refractivity (Wildman–Crippen MR) is 72.2 cm³/mol. The van der Waals surface area contributed by atoms with Crippen LogP contribution >= 0.6 is 0 Å². The third-order valence-electron chi connectivity index (χ3n) is 3.51. The lowest BCUT2D eigenvalue weighted by Crippen LogP contribution is -2.47. The van der Waals surface area contributed by atoms with Gasteiger partial charge in [0.15, 0.2) is 0 Å². The molecule has 0 saturated carbocycles. The highest BCUT2D eigenvalue weighted by molar-refractivity contribution is 5.76. The zero-order chi connectivity index (χ0) is 14.5. The van der Waals surface area contributed by atoms with E-state index in [0.29, 0.717) is 26.1 Å². The highest BCUT2D eigenvalue weighted by atomic mass is 16.4. The lowest BCUT2D eigenvalue weighted by Gasteiger charge is -2.30. The van der Waals surface area contributed by atoms with E-state index in [0.717, 1.165) is 18.4 Å². The number of hydrogen-bond acceptors (Lipinski definition) is 3. The first kappa shape index (κ1) is 14.4. The Hall–Kier alpha value is -2.05. The molecule has 1 aromatic rings. The molecule has 110 valence electrons. The number of nitrogens with zero attached hydrogens (tertiary/aromatic N) is 3. The van der Waals surface area contributed by atoms with Crippen molar-refractivity contribution in [2.75, 3.05) is 19.6 Å². The van der Waals surface area contributed by atoms with E-state index >= 15 is 0 Å². The second-order valence-corrected chi connectivity index (χ2v) is 5.13. The summed E-state index contributed by atoms with van der Waals surface area (Å²) in [5, 5.41) is 15.9. The Morgan fingerprint density at radius 2 is 2.35 bits per heavy atom. The predicted octanol–water partition coefficient (Wildman–Crippen LogP) is 0.469. The van der Waals surface area contributed by atoms with Gasteiger partial charge in [-0.25, -0.2) is 4.79 Å². The summed E-state index contributed by atoms with van der Waals surface area (Å²) in [6.45, 7) is 1.45. The second kappa shape index (κ2) is 6.40. The van der Waals surface area contributed by atoms with Gasteiger partial charge in [-0.2, -0.15) is 5.10 Å². The van der Waals surface area contributed by atoms with Crippen LogP contribution in [0, 0.1) is 5.92 Å². The topological polar surface area (TPSA) is 87.5 Å². The molecule has 0 unspecified atom stereocenters. The largest absolute Gasteiger partial charge is 0.481 e. The molecular formula is C13H20N4O3. The van der Waals surface area contributed by atoms with Crippen LogP contribution in [0.2, 0.25) is 0 Å². The molecule has 20 heavy (non-hydrogen) atoms. The van der Waals surface area contributed by atoms with E-state index in [9.17, 15) is 9.59 Å². The minimum Gasteiger partial charge on any atom is -0.481 e. The van der Waals surface area contributed by atoms with Gasteiger partial charge in [-0.3, -0.25) is 9.48 Å². The first-order valence-corrected chi connectivity index (χ1v) is 6.79. The highest BCUT2D eigenvalue weighted by Crippen LogP contribution is 2.16. The van der Waals surface area contributed by atoms with Crippen LogP contribution in [0.5, 0.6) is 0 Å². The third-order valence-corrected chi connectivity index (χ3v) is 3.51. The number of aromatic nitrogens is 2. The molecule has 7 nitrogen and oxygen atoms in total. The Balaban J connectivity index is 1.75. The number of carbonyl (C=O) groups is 2. The molecule has 1 fully saturated rings. The number of aryl methyl sites for hydroxylation is 1. The molecule has 1 aliphatic heterocycles. The summed E-state index contributed by atoms with van der Waals surface area (Å²) in [7, 11) is 1.85. The van der Waals surface area contributed by atoms with E-state index < -0.39 is 11.9 Å². The minimum absolute atomic E-state index is 0.181. The molecular weight excluding hydrogens is 260 g/mol. The van der Waals surface area contributed by atoms with Gasteiger partial charge in [-0.05, 0) is 24.8 Å². The summed E-state index contributed by atoms with van der Waals surface area (Å²) in [6.07, 6.45) is 5.79. The summed E-state index contributed by atoms with van der Waals surface area (Å²) in [4.78, 5) is 24.5. The molecule has 2 N–H and O–H groups in total. The van der Waals surface area contributed by atoms with E-state index in [-0.39, 0.29) is 6.03 Å². The van der Waals surface area contributed by atoms with Crippen LogP contribution < -0.4 is 5.32 Å². The normalized spacial score (nSPS) is 18.9. The molecule has 1 aromatic heterocycles. The molecule has 2 rings (SSSR count). The quantitative estimate of drug-likeness (QED) is 0.839. The number of rotatable bonds is 4. The molecule has 0 bridgehead atoms. The smallest absolute Gasteiger partial charge is 0.317 e. The fraction of sp³-hybridized carbons (Fsp3) is 0.615. The van der Waals surface area contributed by atoms with Crippen LogP contribution in [0.15, 0.2) is 12.4 Å². The maximum absolute atomic E-state index is 12.0. The Morgan fingerprint density at radius 1 is 1.55 bits per heavy atom. The number of amides is 2. The summed E-state index contributed by atoms with van der Waals surface area (Å²) in [6, 6.07) is -0.181. The number of urea groups is 1. The van der Waals surface area contributed by atoms with Gasteiger partial charge >= 0.3 is 12.0 Å². The second-order valence-electron chi connectivity index (χ2n) is 5.13. The van der Waals surface area contributed by atoms with Crippen molar-refractivity contribution in [3.8, 4) is 0 Å². The summed E-state index contributed by atoms with van der Waals surface area (Å²) < 4.78 is 1.72. The highest BCUT2D eigenvalue weighted by Gasteiger charge is 2.27. The van der Waals surface area contributed by atoms with Gasteiger partial charge in [0.05, 0.1) is 12.1 Å². The van der Waals surface area contributed by atoms with Crippen molar-refractivity contribution in [3.63, 3.8) is 0 Å². The number of aliphatic carboxylic acids is 1. The van der Waals surface area contributed by atoms with Crippen LogP contribution in [0.4, 0.5) is 4.79 Å². The van der Waals surface area contributed by atoms with Crippen molar-refractivity contribution in [2.24, 2.45) is 13.0 Å². The van der Waals surface area contributed by atoms with Crippen LogP contribution in [0.3, 0.4) is 0 Å². The SMILES string of the molecule is Cn1cc(CCNC(=O)N2CCC[C@H](C(=O)O)C2)cn1. The number of likely N-dealkylation sites (tertiary alicyclic amines) is 1. The lowest BCUT2D eigenvalue weighted by atomic mass is 9.99. The van der Waals surface area contributed by atoms with Crippen molar-refractivity contribution < 1.29 is 14.7 Å². The monoisotopic (exact) mass is 280 g/mol. The van der Waals surface area contributed by atoms with Crippen molar-refractivity contribution in [1.82, 2.24) is 20.0 Å². The molecule has 2 heterocycles. The number of carboxylic acid groups (broad SMARTS) is 1. The van der Waals surface area contributed by atoms with E-state index in [1.54, 1.807) is 15.8 Å². The Morgan fingerprint density at radius 3 is 3.00 bits per heavy atom. The molecule has 2 amide bonds. The lowest BCUT2D eigenvalue weighted by molar-refractivity contribution is -0.143. The number of piperidine rings is 1. The van der Waals surface area contributed by atoms with E-state index in [1.165, 1.54) is 0 Å². The van der Waals surface area contributed by atoms with Crippen LogP contribution in [0.1, 0.15) is 18.4 Å². The summed E-state index contributed by atoms with van der Waals surface area (Å²) in [5.41, 5.74) is 1.06. The molecule has 1 saturated heterocycles. The molecule has 0 aromatic carbocycles. The van der Waals surface area contributed by atoms with E-state index in [1.807, 2.05) is 13.2 Å². The number of carboxylic acids is 1. The number of hydrogen-bond donors (Lipinski definition) is 2. The number of carbonyl (C=O) groups excluding carboxylic acids is 1. The summed E-state index contributed by atoms with van der Waals surface area (Å²) >= 11 is 0. The maximum atomic E-state index is 12.0. The van der Waals surface area contributed by atoms with Gasteiger partial charge < -0.3 is 15.3 Å². The first-order valence-electron chi connectivity index (χ1n) is 6.79. The minimum atomic E-state index is -0.821. The molecule has 7 heteroatoms. The average Bonchev–Trinajstić information content (AvgIpc) is 2.84. The molecule has 0 spiro atoms. The van der Waals surface area contributed by atoms with Gasteiger partial charge in [-0.1, -0.05) is 0 Å². The van der Waals surface area contributed by atoms with Gasteiger partial charge in [0.25, 0.3) is 0 Å². The van der Waals surface area contributed by atoms with Crippen molar-refractivity contribution >= 4 is 12.0 Å². The first-order chi connectivity index (χ1) is 9.56. The molecule has 1 aliphatic rings. The fourth-order valence-corrected chi connectivity index (χ4v) is 2.39. The summed E-state index contributed by atoms with van der Waals surface area (Å²) in [5.74, 6) is -1.26. The van der Waals surface area contributed by atoms with Crippen LogP contribution in [-0.2, 0) is 18.3 Å². The Bertz CT molecular complexity index is 486. The van der Waals surface area contributed by atoms with Crippen LogP contribution in [0.25, 0.3) is 0 Å². The Labute approximate surface area is 117 Å². The van der Waals surface area contributed by atoms with Crippen LogP contribution in [-0.4, -0.2) is 51.4 Å². The maximum Gasteiger partial charge on any atom is 0.317 e. The fourth-order valence-electron chi connectivity index (χ4n) is 2.39. The van der Waals surface area contributed by atoms with Gasteiger partial charge in [0.2, 0.25) is 0 Å². The van der Waals surface area contributed by atoms with Gasteiger partial charge in [0, 0.05) is 32.9 Å². The van der Waals surface area contributed by atoms with Crippen molar-refractivity contribution in [3.05, 3.63) is 18.0 Å². The van der Waals surface area contributed by atoms with Crippen molar-refractivity contribution in [1.29, 1.82) is 0 Å². The zero-order valence-corrected chi connectivity index (χ0v) is 11.6. The van der Waals surface area contributed by atoms with E-state index in [4.69, 9.17) is 5.11 Å². The van der Waals surface area contributed by atoms with Crippen molar-refractivity contribution in [2.45, 2.75) is 19.3 Å². The molecule has 1 atom stereocenters. The molecule has 0 aliphatic carbocycles. The number of nitrogens with one attached hydrogen (secondary N) is 1. The standard InChI is InChI=1S/C13H20N4O3/c1-16-8-10(7-15-16)4-5-14-13(20)17-6-2-3-11(9-17)12(18)19/h7-8,11H,2-6,9H2,1H3,(H,14,20)(H,18,19)/t11-/m0/s1. The third kappa shape index (κ3) is 3.72. The molecule has 0 radical (unpaired) electrons. The van der Waals surface area contributed by atoms with Gasteiger partial charge in [-0.15, -0.1) is 0 Å². The van der Waals surface area contributed by atoms with E-state index in [2.05, 4.69) is 10.4 Å². The van der Waals surface area contributed by atoms with Gasteiger partial charge in [0.1, 0.15) is 0 Å². The average molecular weight is 280 g/mol. The zero-order valence-electron chi connectivity index (χ0n) is 11.6.